The van der Waals surface area contributed by atoms with Gasteiger partial charge in [0, 0.05) is 13.1 Å². The molecule has 0 aromatic heterocycles. The molecule has 22 heavy (non-hydrogen) atoms. The minimum Gasteiger partial charge on any atom is -0.494 e. The second-order valence-electron chi connectivity index (χ2n) is 5.04. The van der Waals surface area contributed by atoms with Crippen LogP contribution < -0.4 is 4.74 Å². The molecule has 0 amide bonds. The van der Waals surface area contributed by atoms with Gasteiger partial charge < -0.3 is 4.74 Å². The van der Waals surface area contributed by atoms with Crippen LogP contribution in [0.4, 0.5) is 17.6 Å². The molecule has 4 nitrogen and oxygen atoms in total. The molecule has 1 fully saturated rings. The minimum atomic E-state index is -4.45. The van der Waals surface area contributed by atoms with Gasteiger partial charge in [-0.25, -0.2) is 12.8 Å². The lowest BCUT2D eigenvalue weighted by atomic mass is 9.99. The molecule has 0 N–H and O–H groups in total. The highest BCUT2D eigenvalue weighted by Crippen LogP contribution is 2.35. The van der Waals surface area contributed by atoms with Gasteiger partial charge in [-0.1, -0.05) is 0 Å². The van der Waals surface area contributed by atoms with Gasteiger partial charge >= 0.3 is 6.18 Å². The number of hydrogen-bond acceptors (Lipinski definition) is 3. The van der Waals surface area contributed by atoms with E-state index in [1.165, 1.54) is 7.11 Å². The van der Waals surface area contributed by atoms with Crippen LogP contribution >= 0.6 is 0 Å². The predicted octanol–water partition coefficient (Wildman–Crippen LogP) is 2.80. The van der Waals surface area contributed by atoms with Crippen LogP contribution in [0.15, 0.2) is 23.1 Å². The second-order valence-corrected chi connectivity index (χ2v) is 6.98. The molecule has 0 saturated carbocycles. The second kappa shape index (κ2) is 6.04. The van der Waals surface area contributed by atoms with Gasteiger partial charge in [-0.05, 0) is 31.0 Å². The van der Waals surface area contributed by atoms with Crippen LogP contribution in [0.1, 0.15) is 12.8 Å². The number of rotatable bonds is 3. The molecular formula is C13H15F4NO3S. The van der Waals surface area contributed by atoms with E-state index in [-0.39, 0.29) is 30.0 Å². The van der Waals surface area contributed by atoms with Crippen LogP contribution in [-0.4, -0.2) is 39.1 Å². The van der Waals surface area contributed by atoms with Crippen molar-refractivity contribution in [3.8, 4) is 5.75 Å². The summed E-state index contributed by atoms with van der Waals surface area (Å²) in [5.41, 5.74) is 0. The van der Waals surface area contributed by atoms with E-state index in [1.807, 2.05) is 0 Å². The Kier molecular flexibility index (Phi) is 4.67. The Morgan fingerprint density at radius 2 is 2.00 bits per heavy atom. The largest absolute Gasteiger partial charge is 0.494 e. The fourth-order valence-corrected chi connectivity index (χ4v) is 3.92. The van der Waals surface area contributed by atoms with E-state index in [0.717, 1.165) is 22.5 Å². The van der Waals surface area contributed by atoms with Crippen molar-refractivity contribution in [1.82, 2.24) is 4.31 Å². The molecule has 0 unspecified atom stereocenters. The van der Waals surface area contributed by atoms with E-state index >= 15 is 0 Å². The van der Waals surface area contributed by atoms with Gasteiger partial charge in [0.25, 0.3) is 0 Å². The smallest absolute Gasteiger partial charge is 0.393 e. The summed E-state index contributed by atoms with van der Waals surface area (Å²) in [6.45, 7) is -0.651. The van der Waals surface area contributed by atoms with Crippen molar-refractivity contribution in [1.29, 1.82) is 0 Å². The molecule has 0 bridgehead atoms. The monoisotopic (exact) mass is 341 g/mol. The van der Waals surface area contributed by atoms with E-state index < -0.39 is 34.5 Å². The molecule has 1 aliphatic rings. The van der Waals surface area contributed by atoms with Crippen molar-refractivity contribution < 1.29 is 30.7 Å². The Labute approximate surface area is 125 Å². The van der Waals surface area contributed by atoms with Crippen molar-refractivity contribution in [2.24, 2.45) is 5.92 Å². The summed E-state index contributed by atoms with van der Waals surface area (Å²) in [5.74, 6) is -2.71. The van der Waals surface area contributed by atoms with Crippen molar-refractivity contribution in [3.05, 3.63) is 24.0 Å². The number of nitrogens with zero attached hydrogens (tertiary/aromatic N) is 1. The quantitative estimate of drug-likeness (QED) is 0.795. The maximum absolute atomic E-state index is 13.6. The summed E-state index contributed by atoms with van der Waals surface area (Å²) >= 11 is 0. The number of ether oxygens (including phenoxy) is 1. The molecule has 1 aliphatic heterocycles. The molecular weight excluding hydrogens is 326 g/mol. The molecule has 0 radical (unpaired) electrons. The summed E-state index contributed by atoms with van der Waals surface area (Å²) in [7, 11) is -2.94. The van der Waals surface area contributed by atoms with Crippen molar-refractivity contribution in [2.75, 3.05) is 20.2 Å². The lowest BCUT2D eigenvalue weighted by molar-refractivity contribution is -0.182. The highest BCUT2D eigenvalue weighted by molar-refractivity contribution is 7.89. The molecule has 2 rings (SSSR count). The van der Waals surface area contributed by atoms with E-state index in [2.05, 4.69) is 4.74 Å². The normalized spacial score (nSPS) is 20.9. The minimum absolute atomic E-state index is 0.0113. The summed E-state index contributed by atoms with van der Waals surface area (Å²) in [6.07, 6.45) is -4.44. The van der Waals surface area contributed by atoms with Crippen LogP contribution in [0, 0.1) is 11.7 Å². The Hall–Kier alpha value is -1.35. The fourth-order valence-electron chi connectivity index (χ4n) is 2.38. The third-order valence-electron chi connectivity index (χ3n) is 3.61. The van der Waals surface area contributed by atoms with Gasteiger partial charge in [-0.3, -0.25) is 0 Å². The van der Waals surface area contributed by atoms with Crippen LogP contribution in [0.25, 0.3) is 0 Å². The average molecular weight is 341 g/mol. The average Bonchev–Trinajstić information content (AvgIpc) is 2.46. The lowest BCUT2D eigenvalue weighted by Crippen LogP contribution is -2.44. The van der Waals surface area contributed by atoms with Crippen LogP contribution in [0.2, 0.25) is 0 Å². The molecule has 1 saturated heterocycles. The maximum atomic E-state index is 13.6. The third-order valence-corrected chi connectivity index (χ3v) is 5.47. The van der Waals surface area contributed by atoms with Crippen LogP contribution in [-0.2, 0) is 10.0 Å². The first-order valence-corrected chi connectivity index (χ1v) is 8.00. The maximum Gasteiger partial charge on any atom is 0.393 e. The number of hydrogen-bond donors (Lipinski definition) is 0. The molecule has 0 spiro atoms. The Morgan fingerprint density at radius 3 is 2.55 bits per heavy atom. The standard InChI is InChI=1S/C13H15F4NO3S/c1-21-12-5-4-10(7-11(12)14)22(19,20)18-6-2-3-9(8-18)13(15,16)17/h4-5,7,9H,2-3,6,8H2,1H3/t9-/m1/s1. The first kappa shape index (κ1) is 17.0. The van der Waals surface area contributed by atoms with Crippen molar-refractivity contribution in [3.63, 3.8) is 0 Å². The van der Waals surface area contributed by atoms with E-state index in [1.54, 1.807) is 0 Å². The van der Waals surface area contributed by atoms with Gasteiger partial charge in [0.15, 0.2) is 11.6 Å². The zero-order chi connectivity index (χ0) is 16.5. The third kappa shape index (κ3) is 3.35. The topological polar surface area (TPSA) is 46.6 Å². The molecule has 0 aliphatic carbocycles. The van der Waals surface area contributed by atoms with Crippen molar-refractivity contribution >= 4 is 10.0 Å². The molecule has 1 aromatic rings. The number of sulfonamides is 1. The summed E-state index contributed by atoms with van der Waals surface area (Å²) in [6, 6.07) is 3.01. The number of halogens is 4. The van der Waals surface area contributed by atoms with Gasteiger partial charge in [0.05, 0.1) is 17.9 Å². The van der Waals surface area contributed by atoms with E-state index in [0.29, 0.717) is 0 Å². The first-order chi connectivity index (χ1) is 10.2. The zero-order valence-electron chi connectivity index (χ0n) is 11.7. The van der Waals surface area contributed by atoms with Gasteiger partial charge in [-0.15, -0.1) is 0 Å². The highest BCUT2D eigenvalue weighted by atomic mass is 32.2. The predicted molar refractivity (Wildman–Crippen MR) is 70.5 cm³/mol. The Morgan fingerprint density at radius 1 is 1.32 bits per heavy atom. The van der Waals surface area contributed by atoms with E-state index in [4.69, 9.17) is 0 Å². The van der Waals surface area contributed by atoms with Crippen LogP contribution in [0.3, 0.4) is 0 Å². The Balaban J connectivity index is 2.28. The molecule has 9 heteroatoms. The summed E-state index contributed by atoms with van der Waals surface area (Å²) in [4.78, 5) is -0.381. The van der Waals surface area contributed by atoms with Crippen LogP contribution in [0.5, 0.6) is 5.75 Å². The van der Waals surface area contributed by atoms with E-state index in [9.17, 15) is 26.0 Å². The lowest BCUT2D eigenvalue weighted by Gasteiger charge is -2.32. The fraction of sp³-hybridized carbons (Fsp3) is 0.538. The first-order valence-electron chi connectivity index (χ1n) is 6.56. The SMILES string of the molecule is COc1ccc(S(=O)(=O)N2CCC[C@@H](C(F)(F)F)C2)cc1F. The number of benzene rings is 1. The number of alkyl halides is 3. The van der Waals surface area contributed by atoms with Crippen molar-refractivity contribution in [2.45, 2.75) is 23.9 Å². The zero-order valence-corrected chi connectivity index (χ0v) is 12.5. The van der Waals surface area contributed by atoms with Gasteiger partial charge in [0.1, 0.15) is 0 Å². The number of piperidine rings is 1. The Bertz CT molecular complexity index is 645. The van der Waals surface area contributed by atoms with Gasteiger partial charge in [-0.2, -0.15) is 17.5 Å². The molecule has 124 valence electrons. The van der Waals surface area contributed by atoms with Gasteiger partial charge in [0.2, 0.25) is 10.0 Å². The number of methoxy groups -OCH3 is 1. The molecule has 1 atom stereocenters. The molecule has 1 heterocycles. The summed E-state index contributed by atoms with van der Waals surface area (Å²) < 4.78 is 82.1. The molecule has 1 aromatic carbocycles. The highest BCUT2D eigenvalue weighted by Gasteiger charge is 2.44. The summed E-state index contributed by atoms with van der Waals surface area (Å²) in [5, 5.41) is 0.